The molecule has 5 heterocycles. The van der Waals surface area contributed by atoms with Gasteiger partial charge in [-0.2, -0.15) is 0 Å². The number of allylic oxidation sites excluding steroid dienone is 7. The normalized spacial score (nSPS) is 45.7. The number of aliphatic hydroxyl groups is 7. The second-order valence-electron chi connectivity index (χ2n) is 22.4. The lowest BCUT2D eigenvalue weighted by atomic mass is 9.76. The first-order valence-corrected chi connectivity index (χ1v) is 27.9. The van der Waals surface area contributed by atoms with Crippen molar-refractivity contribution < 1.29 is 102 Å². The van der Waals surface area contributed by atoms with Crippen molar-refractivity contribution in [1.29, 1.82) is 0 Å². The highest BCUT2D eigenvalue weighted by atomic mass is 16.7. The molecule has 21 heteroatoms. The van der Waals surface area contributed by atoms with Crippen LogP contribution < -0.4 is 0 Å². The van der Waals surface area contributed by atoms with Crippen molar-refractivity contribution >= 4 is 5.97 Å². The Kier molecular flexibility index (Phi) is 26.2. The Morgan fingerprint density at radius 1 is 0.696 bits per heavy atom. The SMILES string of the molecule is COC[C@@H](C[C@H]1O[C@@](OC)([C@H](O)[C@@H]2C[C@H](OC)[C@H](O)CC/C=C(C)/C=C/[C@@H](O[C@@H]3O[C@@H](C)[C@H](OC)[C@@H](O)[C@@H]3O)[C@H](C)/C=C(C)/C=C(C)/C=C(\C)C(=O)O2)[C@H](C)[C@@H](O)[C@H]1C)O[C@H]1C[C@H](O)[C@@H](O[C@H]2C[C@@H](OC)[C@H](O)[C@@H](C)O2)[C@H](C)O1. The number of hydrogen-bond acceptors (Lipinski definition) is 21. The Morgan fingerprint density at radius 2 is 1.37 bits per heavy atom. The number of carbonyl (C=O) groups excluding carboxylic acids is 1. The molecule has 4 fully saturated rings. The van der Waals surface area contributed by atoms with Gasteiger partial charge in [0.15, 0.2) is 18.9 Å². The van der Waals surface area contributed by atoms with Gasteiger partial charge in [-0.05, 0) is 67.4 Å². The summed E-state index contributed by atoms with van der Waals surface area (Å²) in [5, 5.41) is 80.1. The molecule has 0 radical (unpaired) electrons. The van der Waals surface area contributed by atoms with E-state index in [0.29, 0.717) is 12.0 Å². The van der Waals surface area contributed by atoms with Crippen LogP contribution in [0.4, 0.5) is 0 Å². The monoisotopic (exact) mass is 1130 g/mol. The maximum atomic E-state index is 14.2. The molecule has 79 heavy (non-hydrogen) atoms. The number of hydrogen-bond donors (Lipinski definition) is 7. The van der Waals surface area contributed by atoms with Crippen LogP contribution in [-0.2, 0) is 66.4 Å². The summed E-state index contributed by atoms with van der Waals surface area (Å²) in [6.07, 6.45) is -7.69. The van der Waals surface area contributed by atoms with E-state index in [2.05, 4.69) is 0 Å². The van der Waals surface area contributed by atoms with Crippen LogP contribution in [0.3, 0.4) is 0 Å². The van der Waals surface area contributed by atoms with E-state index < -0.39 is 152 Å². The van der Waals surface area contributed by atoms with Crippen LogP contribution in [0, 0.1) is 17.8 Å². The van der Waals surface area contributed by atoms with Gasteiger partial charge in [0.2, 0.25) is 5.79 Å². The molecule has 454 valence electrons. The van der Waals surface area contributed by atoms with E-state index in [4.69, 9.17) is 61.6 Å². The largest absolute Gasteiger partial charge is 0.456 e. The zero-order valence-electron chi connectivity index (χ0n) is 49.1. The minimum Gasteiger partial charge on any atom is -0.456 e. The van der Waals surface area contributed by atoms with Gasteiger partial charge in [0.25, 0.3) is 0 Å². The van der Waals surface area contributed by atoms with Gasteiger partial charge in [0, 0.05) is 84.6 Å². The van der Waals surface area contributed by atoms with Crippen molar-refractivity contribution in [2.24, 2.45) is 17.8 Å². The lowest BCUT2D eigenvalue weighted by Gasteiger charge is -2.53. The molecule has 0 bridgehead atoms. The fourth-order valence-corrected chi connectivity index (χ4v) is 11.6. The maximum Gasteiger partial charge on any atom is 0.334 e. The number of aliphatic hydroxyl groups excluding tert-OH is 7. The number of methoxy groups -OCH3 is 5. The van der Waals surface area contributed by atoms with Gasteiger partial charge in [0.05, 0.1) is 73.8 Å². The van der Waals surface area contributed by atoms with Gasteiger partial charge in [0.1, 0.15) is 42.7 Å². The summed E-state index contributed by atoms with van der Waals surface area (Å²) < 4.78 is 78.7. The van der Waals surface area contributed by atoms with Crippen LogP contribution in [-0.4, -0.2) is 218 Å². The Balaban J connectivity index is 1.38. The minimum atomic E-state index is -1.99. The molecule has 7 N–H and O–H groups in total. The smallest absolute Gasteiger partial charge is 0.334 e. The van der Waals surface area contributed by atoms with Crippen molar-refractivity contribution in [2.45, 2.75) is 242 Å². The van der Waals surface area contributed by atoms with Gasteiger partial charge in [-0.25, -0.2) is 4.79 Å². The van der Waals surface area contributed by atoms with Gasteiger partial charge in [-0.1, -0.05) is 67.9 Å². The molecule has 0 aromatic heterocycles. The van der Waals surface area contributed by atoms with Crippen LogP contribution in [0.15, 0.2) is 58.7 Å². The third-order valence-corrected chi connectivity index (χ3v) is 16.3. The molecular formula is C58H96O21. The van der Waals surface area contributed by atoms with Crippen molar-refractivity contribution in [3.05, 3.63) is 58.7 Å². The maximum absolute atomic E-state index is 14.2. The van der Waals surface area contributed by atoms with E-state index in [0.717, 1.165) is 11.1 Å². The fourth-order valence-electron chi connectivity index (χ4n) is 11.6. The van der Waals surface area contributed by atoms with Crippen LogP contribution in [0.1, 0.15) is 108 Å². The van der Waals surface area contributed by atoms with Crippen molar-refractivity contribution in [3.8, 4) is 0 Å². The van der Waals surface area contributed by atoms with Gasteiger partial charge in [-0.15, -0.1) is 0 Å². The zero-order chi connectivity index (χ0) is 58.6. The van der Waals surface area contributed by atoms with Crippen molar-refractivity contribution in [1.82, 2.24) is 0 Å². The molecule has 0 aromatic rings. The molecule has 4 saturated heterocycles. The van der Waals surface area contributed by atoms with Gasteiger partial charge < -0.3 is 97.3 Å². The predicted molar refractivity (Wildman–Crippen MR) is 288 cm³/mol. The van der Waals surface area contributed by atoms with Crippen LogP contribution in [0.2, 0.25) is 0 Å². The van der Waals surface area contributed by atoms with E-state index in [1.165, 1.54) is 35.5 Å². The van der Waals surface area contributed by atoms with E-state index in [1.54, 1.807) is 40.7 Å². The van der Waals surface area contributed by atoms with Gasteiger partial charge >= 0.3 is 5.97 Å². The summed E-state index contributed by atoms with van der Waals surface area (Å²) in [7, 11) is 7.22. The van der Waals surface area contributed by atoms with E-state index in [9.17, 15) is 40.5 Å². The summed E-state index contributed by atoms with van der Waals surface area (Å²) in [6.45, 7) is 17.9. The first kappa shape index (κ1) is 67.2. The molecule has 0 aromatic carbocycles. The average Bonchev–Trinajstić information content (AvgIpc) is 3.48. The molecule has 21 nitrogen and oxygen atoms in total. The highest BCUT2D eigenvalue weighted by Gasteiger charge is 2.59. The third-order valence-electron chi connectivity index (χ3n) is 16.3. The minimum absolute atomic E-state index is 0.0302. The molecule has 0 saturated carbocycles. The van der Waals surface area contributed by atoms with E-state index >= 15 is 0 Å². The Labute approximate surface area is 467 Å². The van der Waals surface area contributed by atoms with Crippen LogP contribution >= 0.6 is 0 Å². The summed E-state index contributed by atoms with van der Waals surface area (Å²) in [6, 6.07) is 0. The first-order chi connectivity index (χ1) is 37.3. The Morgan fingerprint density at radius 3 is 2.00 bits per heavy atom. The molecule has 5 rings (SSSR count). The lowest BCUT2D eigenvalue weighted by molar-refractivity contribution is -0.373. The number of carbonyl (C=O) groups is 1. The molecule has 0 unspecified atom stereocenters. The molecular weight excluding hydrogens is 1030 g/mol. The van der Waals surface area contributed by atoms with Crippen LogP contribution in [0.5, 0.6) is 0 Å². The summed E-state index contributed by atoms with van der Waals surface area (Å²) in [5.74, 6) is -4.49. The lowest BCUT2D eigenvalue weighted by Crippen LogP contribution is -2.66. The summed E-state index contributed by atoms with van der Waals surface area (Å²) in [5.41, 5.74) is 2.57. The van der Waals surface area contributed by atoms with Crippen molar-refractivity contribution in [3.63, 3.8) is 0 Å². The molecule has 25 atom stereocenters. The number of esters is 1. The van der Waals surface area contributed by atoms with E-state index in [-0.39, 0.29) is 50.2 Å². The number of cyclic esters (lactones) is 1. The molecule has 0 amide bonds. The molecule has 0 aliphatic carbocycles. The topological polar surface area (TPSA) is 279 Å². The molecule has 5 aliphatic rings. The van der Waals surface area contributed by atoms with Crippen molar-refractivity contribution in [2.75, 3.05) is 42.2 Å². The van der Waals surface area contributed by atoms with E-state index in [1.807, 2.05) is 65.0 Å². The predicted octanol–water partition coefficient (Wildman–Crippen LogP) is 3.85. The van der Waals surface area contributed by atoms with Gasteiger partial charge in [-0.3, -0.25) is 0 Å². The zero-order valence-corrected chi connectivity index (χ0v) is 49.1. The number of rotatable bonds is 16. The third kappa shape index (κ3) is 17.3. The van der Waals surface area contributed by atoms with Crippen LogP contribution in [0.25, 0.3) is 0 Å². The summed E-state index contributed by atoms with van der Waals surface area (Å²) in [4.78, 5) is 14.2. The number of ether oxygens (including phenoxy) is 13. The second kappa shape index (κ2) is 30.8. The second-order valence-corrected chi connectivity index (χ2v) is 22.4. The first-order valence-electron chi connectivity index (χ1n) is 27.9. The molecule has 5 aliphatic heterocycles. The highest BCUT2D eigenvalue weighted by molar-refractivity contribution is 5.88. The average molecular weight is 1130 g/mol. The standard InChI is InChI=1S/C58H96O21/c1-29-17-16-18-40(59)44(68-12)26-46(76-56(66)33(5)23-31(3)21-30(2)22-32(4)42(20-19-29)77-57-52(64)51(63)54(70-14)38(10)74-57)55(65)58(71-15)35(7)49(61)34(6)43(79-58)24-39(28-67-11)75-47-25-41(60)53(37(9)73-47)78-48-27-45(69-13)50(62)36(8)72-48/h17,19-23,32,34-55,57,59-65H,16,18,24-28H2,1-15H3/b20-19+,29-17+,30-22+,31-21+,33-23+/t32-,34+,35-,36-,37+,38+,39-,40-,41+,42-,43-,44+,45-,46+,47+,48+,49+,50-,51+,52+,53+,54+,55-,57+,58-/m1/s1. The Bertz CT molecular complexity index is 2040. The quantitative estimate of drug-likeness (QED) is 0.108. The Hall–Kier alpha value is -2.59. The fraction of sp³-hybridized carbons (Fsp3) is 0.810. The molecule has 0 spiro atoms. The highest BCUT2D eigenvalue weighted by Crippen LogP contribution is 2.44. The summed E-state index contributed by atoms with van der Waals surface area (Å²) >= 11 is 0.